The Balaban J connectivity index is 1.36. The molecule has 2 N–H and O–H groups in total. The molecule has 1 aromatic carbocycles. The van der Waals surface area contributed by atoms with Gasteiger partial charge in [-0.3, -0.25) is 14.5 Å². The fourth-order valence-corrected chi connectivity index (χ4v) is 6.41. The largest absolute Gasteiger partial charge is 0.349 e. The molecule has 1 amide bonds. The maximum absolute atomic E-state index is 13.0. The molecule has 4 fully saturated rings. The van der Waals surface area contributed by atoms with Crippen LogP contribution in [0.15, 0.2) is 24.3 Å². The quantitative estimate of drug-likeness (QED) is 0.786. The molecule has 4 aliphatic rings. The van der Waals surface area contributed by atoms with Crippen LogP contribution in [0.3, 0.4) is 0 Å². The van der Waals surface area contributed by atoms with Gasteiger partial charge in [-0.05, 0) is 81.5 Å². The molecule has 0 atom stereocenters. The molecule has 6 rings (SSSR count). The number of nitrogens with zero attached hydrogens (tertiary/aromatic N) is 2. The number of amides is 1. The van der Waals surface area contributed by atoms with E-state index in [2.05, 4.69) is 34.6 Å². The van der Waals surface area contributed by atoms with E-state index in [4.69, 9.17) is 12.2 Å². The number of aromatic amines is 1. The van der Waals surface area contributed by atoms with Crippen molar-refractivity contribution in [1.82, 2.24) is 20.1 Å². The van der Waals surface area contributed by atoms with E-state index in [1.807, 2.05) is 16.7 Å². The number of hydrogen-bond acceptors (Lipinski definition) is 3. The highest BCUT2D eigenvalue weighted by atomic mass is 32.1. The molecule has 2 aromatic rings. The lowest BCUT2D eigenvalue weighted by atomic mass is 9.53. The Bertz CT molecular complexity index is 908. The SMILES string of the molecule is Cc1cccc(-c2n[nH]c(=S)n2CC(=O)NC23CC4CC(CC(C4)C2)C3)c1. The van der Waals surface area contributed by atoms with Gasteiger partial charge in [-0.15, -0.1) is 0 Å². The zero-order valence-corrected chi connectivity index (χ0v) is 16.5. The fourth-order valence-electron chi connectivity index (χ4n) is 6.21. The van der Waals surface area contributed by atoms with Crippen LogP contribution >= 0.6 is 12.2 Å². The van der Waals surface area contributed by atoms with Crippen molar-refractivity contribution in [1.29, 1.82) is 0 Å². The van der Waals surface area contributed by atoms with Gasteiger partial charge in [-0.25, -0.2) is 0 Å². The summed E-state index contributed by atoms with van der Waals surface area (Å²) in [6.45, 7) is 2.27. The first kappa shape index (κ1) is 17.2. The van der Waals surface area contributed by atoms with Crippen molar-refractivity contribution >= 4 is 18.1 Å². The first-order chi connectivity index (χ1) is 13.0. The van der Waals surface area contributed by atoms with Crippen LogP contribution in [0.1, 0.15) is 44.1 Å². The summed E-state index contributed by atoms with van der Waals surface area (Å²) in [7, 11) is 0. The molecular formula is C21H26N4OS. The minimum absolute atomic E-state index is 0.0290. The number of H-pyrrole nitrogens is 1. The minimum atomic E-state index is 0.0290. The van der Waals surface area contributed by atoms with E-state index in [1.54, 1.807) is 0 Å². The van der Waals surface area contributed by atoms with Gasteiger partial charge in [0, 0.05) is 11.1 Å². The van der Waals surface area contributed by atoms with Gasteiger partial charge in [0.25, 0.3) is 0 Å². The lowest BCUT2D eigenvalue weighted by Crippen LogP contribution is -2.60. The molecule has 0 radical (unpaired) electrons. The Morgan fingerprint density at radius 1 is 1.26 bits per heavy atom. The van der Waals surface area contributed by atoms with E-state index in [0.717, 1.165) is 54.0 Å². The topological polar surface area (TPSA) is 62.7 Å². The van der Waals surface area contributed by atoms with E-state index < -0.39 is 0 Å². The Morgan fingerprint density at radius 2 is 1.93 bits per heavy atom. The zero-order valence-electron chi connectivity index (χ0n) is 15.7. The van der Waals surface area contributed by atoms with Crippen LogP contribution < -0.4 is 5.32 Å². The van der Waals surface area contributed by atoms with Crippen molar-refractivity contribution in [2.24, 2.45) is 17.8 Å². The molecule has 4 aliphatic carbocycles. The number of hydrogen-bond donors (Lipinski definition) is 2. The molecule has 1 heterocycles. The van der Waals surface area contributed by atoms with Crippen LogP contribution in [-0.2, 0) is 11.3 Å². The Morgan fingerprint density at radius 3 is 2.56 bits per heavy atom. The maximum Gasteiger partial charge on any atom is 0.240 e. The Hall–Kier alpha value is -1.95. The molecule has 142 valence electrons. The van der Waals surface area contributed by atoms with Crippen molar-refractivity contribution in [3.8, 4) is 11.4 Å². The molecule has 27 heavy (non-hydrogen) atoms. The van der Waals surface area contributed by atoms with E-state index >= 15 is 0 Å². The van der Waals surface area contributed by atoms with E-state index in [9.17, 15) is 4.79 Å². The maximum atomic E-state index is 13.0. The van der Waals surface area contributed by atoms with Crippen LogP contribution in [-0.4, -0.2) is 26.2 Å². The average molecular weight is 383 g/mol. The van der Waals surface area contributed by atoms with Gasteiger partial charge in [0.2, 0.25) is 5.91 Å². The van der Waals surface area contributed by atoms with Gasteiger partial charge in [0.05, 0.1) is 0 Å². The number of aromatic nitrogens is 3. The molecule has 5 nitrogen and oxygen atoms in total. The Labute approximate surface area is 164 Å². The zero-order chi connectivity index (χ0) is 18.6. The highest BCUT2D eigenvalue weighted by Gasteiger charge is 2.51. The van der Waals surface area contributed by atoms with E-state index in [0.29, 0.717) is 4.77 Å². The molecule has 0 saturated heterocycles. The molecule has 0 unspecified atom stereocenters. The summed E-state index contributed by atoms with van der Waals surface area (Å²) < 4.78 is 2.31. The van der Waals surface area contributed by atoms with E-state index in [1.165, 1.54) is 19.3 Å². The summed E-state index contributed by atoms with van der Waals surface area (Å²) in [5.74, 6) is 3.23. The second-order valence-corrected chi connectivity index (χ2v) is 9.44. The van der Waals surface area contributed by atoms with Crippen molar-refractivity contribution in [3.05, 3.63) is 34.6 Å². The van der Waals surface area contributed by atoms with E-state index in [-0.39, 0.29) is 18.0 Å². The van der Waals surface area contributed by atoms with Crippen molar-refractivity contribution in [3.63, 3.8) is 0 Å². The third-order valence-electron chi connectivity index (χ3n) is 6.78. The summed E-state index contributed by atoms with van der Waals surface area (Å²) in [5.41, 5.74) is 2.16. The number of benzene rings is 1. The van der Waals surface area contributed by atoms with Crippen molar-refractivity contribution < 1.29 is 4.79 Å². The molecule has 1 aromatic heterocycles. The fraction of sp³-hybridized carbons (Fsp3) is 0.571. The third-order valence-corrected chi connectivity index (χ3v) is 7.09. The summed E-state index contributed by atoms with van der Waals surface area (Å²) >= 11 is 5.41. The first-order valence-electron chi connectivity index (χ1n) is 10.0. The molecule has 4 saturated carbocycles. The number of carbonyl (C=O) groups is 1. The van der Waals surface area contributed by atoms with Gasteiger partial charge >= 0.3 is 0 Å². The highest BCUT2D eigenvalue weighted by Crippen LogP contribution is 2.55. The average Bonchev–Trinajstić information content (AvgIpc) is 2.93. The molecule has 6 heteroatoms. The molecule has 4 bridgehead atoms. The molecular weight excluding hydrogens is 356 g/mol. The Kier molecular flexibility index (Phi) is 4.00. The predicted octanol–water partition coefficient (Wildman–Crippen LogP) is 4.00. The smallest absolute Gasteiger partial charge is 0.240 e. The van der Waals surface area contributed by atoms with Gasteiger partial charge in [0.1, 0.15) is 6.54 Å². The lowest BCUT2D eigenvalue weighted by Gasteiger charge is -2.56. The van der Waals surface area contributed by atoms with Crippen LogP contribution in [0, 0.1) is 29.4 Å². The van der Waals surface area contributed by atoms with Crippen LogP contribution in [0.25, 0.3) is 11.4 Å². The predicted molar refractivity (Wildman–Crippen MR) is 107 cm³/mol. The standard InChI is InChI=1S/C21H26N4OS/c1-13-3-2-4-17(5-13)19-23-24-20(27)25(19)12-18(26)22-21-9-14-6-15(10-21)8-16(7-14)11-21/h2-5,14-16H,6-12H2,1H3,(H,22,26)(H,24,27). The normalized spacial score (nSPS) is 31.2. The second kappa shape index (κ2) is 6.30. The first-order valence-corrected chi connectivity index (χ1v) is 10.4. The second-order valence-electron chi connectivity index (χ2n) is 9.05. The number of nitrogens with one attached hydrogen (secondary N) is 2. The van der Waals surface area contributed by atoms with Gasteiger partial charge in [0.15, 0.2) is 10.6 Å². The summed E-state index contributed by atoms with van der Waals surface area (Å²) in [6, 6.07) is 8.13. The lowest BCUT2D eigenvalue weighted by molar-refractivity contribution is -0.127. The van der Waals surface area contributed by atoms with Crippen molar-refractivity contribution in [2.45, 2.75) is 57.5 Å². The third kappa shape index (κ3) is 3.14. The molecule has 0 spiro atoms. The number of aryl methyl sites for hydroxylation is 1. The highest BCUT2D eigenvalue weighted by molar-refractivity contribution is 7.71. The van der Waals surface area contributed by atoms with Crippen LogP contribution in [0.5, 0.6) is 0 Å². The van der Waals surface area contributed by atoms with Gasteiger partial charge in [-0.1, -0.05) is 23.8 Å². The number of rotatable bonds is 4. The molecule has 0 aliphatic heterocycles. The van der Waals surface area contributed by atoms with Gasteiger partial charge < -0.3 is 5.32 Å². The minimum Gasteiger partial charge on any atom is -0.349 e. The van der Waals surface area contributed by atoms with Crippen LogP contribution in [0.2, 0.25) is 0 Å². The van der Waals surface area contributed by atoms with Crippen molar-refractivity contribution in [2.75, 3.05) is 0 Å². The van der Waals surface area contributed by atoms with Crippen LogP contribution in [0.4, 0.5) is 0 Å². The number of carbonyl (C=O) groups excluding carboxylic acids is 1. The monoisotopic (exact) mass is 382 g/mol. The summed E-state index contributed by atoms with van der Waals surface area (Å²) in [4.78, 5) is 13.0. The summed E-state index contributed by atoms with van der Waals surface area (Å²) in [5, 5.41) is 10.7. The van der Waals surface area contributed by atoms with Gasteiger partial charge in [-0.2, -0.15) is 5.10 Å². The summed E-state index contributed by atoms with van der Waals surface area (Å²) in [6.07, 6.45) is 7.60.